The SMILES string of the molecule is CC12CC3CC(C1)C(N)(C3)C2.Cl. The first kappa shape index (κ1) is 8.83. The van der Waals surface area contributed by atoms with Crippen molar-refractivity contribution < 1.29 is 0 Å². The largest absolute Gasteiger partial charge is 0.325 e. The smallest absolute Gasteiger partial charge is 0.0191 e. The van der Waals surface area contributed by atoms with Gasteiger partial charge in [-0.3, -0.25) is 0 Å². The first-order valence-corrected chi connectivity index (χ1v) is 4.89. The summed E-state index contributed by atoms with van der Waals surface area (Å²) >= 11 is 0. The van der Waals surface area contributed by atoms with E-state index in [-0.39, 0.29) is 17.9 Å². The summed E-state index contributed by atoms with van der Waals surface area (Å²) in [6, 6.07) is 0. The van der Waals surface area contributed by atoms with E-state index in [1.54, 1.807) is 0 Å². The van der Waals surface area contributed by atoms with Crippen molar-refractivity contribution in [2.45, 2.75) is 44.6 Å². The highest BCUT2D eigenvalue weighted by molar-refractivity contribution is 5.85. The Morgan fingerprint density at radius 3 is 2.50 bits per heavy atom. The Balaban J connectivity index is 0.000000563. The minimum Gasteiger partial charge on any atom is -0.325 e. The van der Waals surface area contributed by atoms with Gasteiger partial charge in [-0.25, -0.2) is 0 Å². The van der Waals surface area contributed by atoms with Gasteiger partial charge in [0.1, 0.15) is 0 Å². The molecule has 12 heavy (non-hydrogen) atoms. The van der Waals surface area contributed by atoms with Crippen LogP contribution >= 0.6 is 12.4 Å². The molecule has 2 N–H and O–H groups in total. The Labute approximate surface area is 80.5 Å². The summed E-state index contributed by atoms with van der Waals surface area (Å²) in [6.07, 6.45) is 7.02. The van der Waals surface area contributed by atoms with Crippen molar-refractivity contribution in [3.8, 4) is 0 Å². The fraction of sp³-hybridized carbons (Fsp3) is 1.00. The summed E-state index contributed by atoms with van der Waals surface area (Å²) in [5.74, 6) is 1.89. The molecule has 0 aromatic rings. The normalized spacial score (nSPS) is 60.5. The van der Waals surface area contributed by atoms with Gasteiger partial charge in [-0.2, -0.15) is 0 Å². The van der Waals surface area contributed by atoms with E-state index >= 15 is 0 Å². The van der Waals surface area contributed by atoms with Crippen molar-refractivity contribution in [1.82, 2.24) is 0 Å². The number of halogens is 1. The summed E-state index contributed by atoms with van der Waals surface area (Å²) in [6.45, 7) is 2.44. The number of nitrogens with two attached hydrogens (primary N) is 1. The van der Waals surface area contributed by atoms with E-state index in [0.29, 0.717) is 5.41 Å². The molecule has 4 atom stereocenters. The third-order valence-electron chi connectivity index (χ3n) is 4.38. The van der Waals surface area contributed by atoms with Crippen molar-refractivity contribution in [2.75, 3.05) is 0 Å². The van der Waals surface area contributed by atoms with E-state index in [1.807, 2.05) is 0 Å². The molecular formula is C10H18ClN. The molecule has 0 amide bonds. The van der Waals surface area contributed by atoms with Gasteiger partial charge in [0.25, 0.3) is 0 Å². The summed E-state index contributed by atoms with van der Waals surface area (Å²) in [5.41, 5.74) is 7.31. The van der Waals surface area contributed by atoms with Gasteiger partial charge in [0.15, 0.2) is 0 Å². The Bertz CT molecular complexity index is 216. The van der Waals surface area contributed by atoms with E-state index < -0.39 is 0 Å². The molecule has 0 radical (unpaired) electrons. The van der Waals surface area contributed by atoms with Crippen LogP contribution in [0.2, 0.25) is 0 Å². The molecule has 0 aromatic carbocycles. The molecule has 70 valence electrons. The monoisotopic (exact) mass is 187 g/mol. The predicted molar refractivity (Wildman–Crippen MR) is 52.3 cm³/mol. The molecule has 0 aromatic heterocycles. The lowest BCUT2D eigenvalue weighted by Crippen LogP contribution is -2.42. The van der Waals surface area contributed by atoms with Crippen molar-refractivity contribution in [3.05, 3.63) is 0 Å². The highest BCUT2D eigenvalue weighted by Gasteiger charge is 2.60. The number of hydrogen-bond acceptors (Lipinski definition) is 1. The van der Waals surface area contributed by atoms with Gasteiger partial charge in [-0.15, -0.1) is 12.4 Å². The first-order valence-electron chi connectivity index (χ1n) is 4.89. The predicted octanol–water partition coefficient (Wildman–Crippen LogP) is 2.34. The molecule has 4 aliphatic rings. The standard InChI is InChI=1S/C10H17N.ClH/c1-9-3-7-2-8(5-9)10(11,4-7)6-9;/h7-8H,2-6,11H2,1H3;1H. The van der Waals surface area contributed by atoms with Crippen LogP contribution in [0.25, 0.3) is 0 Å². The lowest BCUT2D eigenvalue weighted by atomic mass is 9.70. The molecule has 0 saturated heterocycles. The van der Waals surface area contributed by atoms with Crippen LogP contribution in [0, 0.1) is 17.3 Å². The Morgan fingerprint density at radius 2 is 2.00 bits per heavy atom. The average Bonchev–Trinajstić information content (AvgIpc) is 2.09. The van der Waals surface area contributed by atoms with Crippen molar-refractivity contribution in [2.24, 2.45) is 23.0 Å². The zero-order valence-corrected chi connectivity index (χ0v) is 8.49. The van der Waals surface area contributed by atoms with Crippen molar-refractivity contribution in [1.29, 1.82) is 0 Å². The van der Waals surface area contributed by atoms with Gasteiger partial charge in [-0.05, 0) is 49.4 Å². The van der Waals surface area contributed by atoms with Gasteiger partial charge in [0, 0.05) is 5.54 Å². The average molecular weight is 188 g/mol. The maximum absolute atomic E-state index is 6.37. The zero-order chi connectivity index (χ0) is 7.69. The first-order chi connectivity index (χ1) is 5.10. The maximum atomic E-state index is 6.37. The molecule has 0 spiro atoms. The molecule has 4 aliphatic carbocycles. The quantitative estimate of drug-likeness (QED) is 0.619. The molecule has 4 saturated carbocycles. The third kappa shape index (κ3) is 0.898. The molecular weight excluding hydrogens is 170 g/mol. The lowest BCUT2D eigenvalue weighted by Gasteiger charge is -2.36. The Morgan fingerprint density at radius 1 is 1.25 bits per heavy atom. The molecule has 0 aliphatic heterocycles. The Kier molecular flexibility index (Phi) is 1.61. The van der Waals surface area contributed by atoms with Crippen LogP contribution in [0.1, 0.15) is 39.0 Å². The van der Waals surface area contributed by atoms with Crippen molar-refractivity contribution >= 4 is 12.4 Å². The second-order valence-corrected chi connectivity index (χ2v) is 5.63. The maximum Gasteiger partial charge on any atom is 0.0191 e. The van der Waals surface area contributed by atoms with Gasteiger partial charge in [-0.1, -0.05) is 6.92 Å². The second kappa shape index (κ2) is 2.19. The summed E-state index contributed by atoms with van der Waals surface area (Å²) in [5, 5.41) is 0. The van der Waals surface area contributed by atoms with E-state index in [0.717, 1.165) is 11.8 Å². The lowest BCUT2D eigenvalue weighted by molar-refractivity contribution is 0.161. The van der Waals surface area contributed by atoms with Crippen LogP contribution in [0.15, 0.2) is 0 Å². The summed E-state index contributed by atoms with van der Waals surface area (Å²) < 4.78 is 0. The number of rotatable bonds is 0. The van der Waals surface area contributed by atoms with Crippen LogP contribution < -0.4 is 5.73 Å². The minimum atomic E-state index is 0. The summed E-state index contributed by atoms with van der Waals surface area (Å²) in [4.78, 5) is 0. The molecule has 2 heteroatoms. The van der Waals surface area contributed by atoms with Gasteiger partial charge < -0.3 is 5.73 Å². The van der Waals surface area contributed by atoms with Gasteiger partial charge in [0.05, 0.1) is 0 Å². The van der Waals surface area contributed by atoms with Crippen LogP contribution in [0.5, 0.6) is 0 Å². The molecule has 0 heterocycles. The minimum absolute atomic E-state index is 0. The third-order valence-corrected chi connectivity index (χ3v) is 4.38. The van der Waals surface area contributed by atoms with Crippen LogP contribution in [-0.4, -0.2) is 5.54 Å². The van der Waals surface area contributed by atoms with Crippen LogP contribution in [0.4, 0.5) is 0 Å². The summed E-state index contributed by atoms with van der Waals surface area (Å²) in [7, 11) is 0. The van der Waals surface area contributed by atoms with E-state index in [9.17, 15) is 0 Å². The highest BCUT2D eigenvalue weighted by Crippen LogP contribution is 2.64. The Hall–Kier alpha value is 0.250. The molecule has 1 nitrogen and oxygen atoms in total. The second-order valence-electron chi connectivity index (χ2n) is 5.63. The van der Waals surface area contributed by atoms with E-state index in [2.05, 4.69) is 6.92 Å². The van der Waals surface area contributed by atoms with Gasteiger partial charge in [0.2, 0.25) is 0 Å². The highest BCUT2D eigenvalue weighted by atomic mass is 35.5. The van der Waals surface area contributed by atoms with Crippen LogP contribution in [-0.2, 0) is 0 Å². The fourth-order valence-electron chi connectivity index (χ4n) is 4.40. The van der Waals surface area contributed by atoms with Crippen LogP contribution in [0.3, 0.4) is 0 Å². The van der Waals surface area contributed by atoms with Gasteiger partial charge >= 0.3 is 0 Å². The molecule has 4 rings (SSSR count). The number of hydrogen-bond donors (Lipinski definition) is 1. The molecule has 4 bridgehead atoms. The molecule has 4 fully saturated rings. The topological polar surface area (TPSA) is 26.0 Å². The molecule has 4 unspecified atom stereocenters. The van der Waals surface area contributed by atoms with Crippen molar-refractivity contribution in [3.63, 3.8) is 0 Å². The van der Waals surface area contributed by atoms with E-state index in [1.165, 1.54) is 32.1 Å². The fourth-order valence-corrected chi connectivity index (χ4v) is 4.40. The van der Waals surface area contributed by atoms with E-state index in [4.69, 9.17) is 5.73 Å². The zero-order valence-electron chi connectivity index (χ0n) is 7.68.